The van der Waals surface area contributed by atoms with Gasteiger partial charge in [0.15, 0.2) is 0 Å². The average molecular weight is 405 g/mol. The molecule has 0 aliphatic heterocycles. The Kier molecular flexibility index (Phi) is 4.82. The van der Waals surface area contributed by atoms with Gasteiger partial charge in [-0.2, -0.15) is 0 Å². The lowest BCUT2D eigenvalue weighted by molar-refractivity contribution is -0.115. The van der Waals surface area contributed by atoms with Gasteiger partial charge in [0.25, 0.3) is 0 Å². The number of carbonyl (C=O) groups excluding carboxylic acids is 1. The number of anilines is 2. The summed E-state index contributed by atoms with van der Waals surface area (Å²) in [6, 6.07) is 10.4. The molecule has 2 rings (SSSR count). The van der Waals surface area contributed by atoms with Crippen molar-refractivity contribution in [1.29, 1.82) is 0 Å². The maximum atomic E-state index is 13.4. The molecule has 0 fully saturated rings. The molecule has 0 heterocycles. The van der Waals surface area contributed by atoms with Crippen molar-refractivity contribution < 1.29 is 9.18 Å². The van der Waals surface area contributed by atoms with Crippen LogP contribution in [0.25, 0.3) is 0 Å². The summed E-state index contributed by atoms with van der Waals surface area (Å²) >= 11 is 7.69. The van der Waals surface area contributed by atoms with Crippen LogP contribution in [-0.4, -0.2) is 5.91 Å². The molecule has 0 aliphatic rings. The molecule has 6 heteroatoms. The standard InChI is InChI=1S/C14H11ClFIN2O/c15-9-7-10(16)12(17)13(18)14(9)19-11(20)6-8-4-2-1-3-5-8/h1-5,7H,6,18H2,(H,19,20). The van der Waals surface area contributed by atoms with Gasteiger partial charge in [0.05, 0.1) is 26.4 Å². The number of hydrogen-bond donors (Lipinski definition) is 2. The first-order chi connectivity index (χ1) is 9.49. The minimum Gasteiger partial charge on any atom is -0.396 e. The fraction of sp³-hybridized carbons (Fsp3) is 0.0714. The van der Waals surface area contributed by atoms with Crippen molar-refractivity contribution in [3.63, 3.8) is 0 Å². The fourth-order valence-corrected chi connectivity index (χ4v) is 2.38. The quantitative estimate of drug-likeness (QED) is 0.464. The van der Waals surface area contributed by atoms with Gasteiger partial charge in [0, 0.05) is 0 Å². The van der Waals surface area contributed by atoms with Crippen LogP contribution in [0, 0.1) is 9.39 Å². The smallest absolute Gasteiger partial charge is 0.228 e. The molecule has 0 saturated carbocycles. The molecule has 0 saturated heterocycles. The minimum absolute atomic E-state index is 0.0850. The summed E-state index contributed by atoms with van der Waals surface area (Å²) in [5.41, 5.74) is 7.04. The zero-order chi connectivity index (χ0) is 14.7. The van der Waals surface area contributed by atoms with E-state index in [1.54, 1.807) is 22.6 Å². The molecule has 2 aromatic rings. The molecule has 0 aliphatic carbocycles. The Morgan fingerprint density at radius 2 is 2.00 bits per heavy atom. The molecule has 3 N–H and O–H groups in total. The second-order valence-electron chi connectivity index (χ2n) is 4.15. The van der Waals surface area contributed by atoms with Crippen LogP contribution >= 0.6 is 34.2 Å². The topological polar surface area (TPSA) is 55.1 Å². The van der Waals surface area contributed by atoms with Crippen molar-refractivity contribution in [2.24, 2.45) is 0 Å². The number of carbonyl (C=O) groups is 1. The maximum Gasteiger partial charge on any atom is 0.228 e. The van der Waals surface area contributed by atoms with Gasteiger partial charge in [-0.1, -0.05) is 41.9 Å². The third kappa shape index (κ3) is 3.40. The second kappa shape index (κ2) is 6.41. The highest BCUT2D eigenvalue weighted by molar-refractivity contribution is 14.1. The number of rotatable bonds is 3. The third-order valence-electron chi connectivity index (χ3n) is 2.68. The van der Waals surface area contributed by atoms with Crippen LogP contribution in [0.3, 0.4) is 0 Å². The van der Waals surface area contributed by atoms with Crippen LogP contribution in [0.15, 0.2) is 36.4 Å². The van der Waals surface area contributed by atoms with Crippen LogP contribution in [0.2, 0.25) is 5.02 Å². The van der Waals surface area contributed by atoms with Crippen molar-refractivity contribution in [2.45, 2.75) is 6.42 Å². The zero-order valence-electron chi connectivity index (χ0n) is 10.3. The highest BCUT2D eigenvalue weighted by atomic mass is 127. The Bertz CT molecular complexity index is 649. The second-order valence-corrected chi connectivity index (χ2v) is 5.64. The molecule has 104 valence electrons. The van der Waals surface area contributed by atoms with E-state index in [9.17, 15) is 9.18 Å². The van der Waals surface area contributed by atoms with Gasteiger partial charge in [-0.25, -0.2) is 4.39 Å². The molecule has 2 aromatic carbocycles. The first-order valence-electron chi connectivity index (χ1n) is 5.75. The third-order valence-corrected chi connectivity index (χ3v) is 4.07. The van der Waals surface area contributed by atoms with E-state index in [2.05, 4.69) is 5.32 Å². The van der Waals surface area contributed by atoms with E-state index < -0.39 is 5.82 Å². The molecule has 0 aromatic heterocycles. The lowest BCUT2D eigenvalue weighted by Crippen LogP contribution is -2.16. The Hall–Kier alpha value is -1.34. The minimum atomic E-state index is -0.505. The predicted molar refractivity (Wildman–Crippen MR) is 87.3 cm³/mol. The van der Waals surface area contributed by atoms with Gasteiger partial charge in [-0.15, -0.1) is 0 Å². The lowest BCUT2D eigenvalue weighted by atomic mass is 10.1. The summed E-state index contributed by atoms with van der Waals surface area (Å²) in [4.78, 5) is 12.0. The number of nitrogen functional groups attached to an aromatic ring is 1. The molecule has 0 radical (unpaired) electrons. The van der Waals surface area contributed by atoms with Crippen molar-refractivity contribution in [1.82, 2.24) is 0 Å². The zero-order valence-corrected chi connectivity index (χ0v) is 13.2. The van der Waals surface area contributed by atoms with Gasteiger partial charge in [-0.05, 0) is 34.2 Å². The molecular weight excluding hydrogens is 394 g/mol. The first kappa shape index (κ1) is 15.1. The molecule has 1 amide bonds. The summed E-state index contributed by atoms with van der Waals surface area (Å²) in [5, 5.41) is 2.71. The summed E-state index contributed by atoms with van der Waals surface area (Å²) in [6.07, 6.45) is 0.199. The van der Waals surface area contributed by atoms with Crippen LogP contribution in [-0.2, 0) is 11.2 Å². The van der Waals surface area contributed by atoms with Crippen molar-refractivity contribution >= 4 is 51.5 Å². The largest absolute Gasteiger partial charge is 0.396 e. The van der Waals surface area contributed by atoms with Gasteiger partial charge >= 0.3 is 0 Å². The van der Waals surface area contributed by atoms with Gasteiger partial charge in [-0.3, -0.25) is 4.79 Å². The number of benzene rings is 2. The monoisotopic (exact) mass is 404 g/mol. The van der Waals surface area contributed by atoms with E-state index in [0.717, 1.165) is 11.6 Å². The highest BCUT2D eigenvalue weighted by Crippen LogP contribution is 2.34. The summed E-state index contributed by atoms with van der Waals surface area (Å²) < 4.78 is 13.7. The van der Waals surface area contributed by atoms with Crippen molar-refractivity contribution in [2.75, 3.05) is 11.1 Å². The van der Waals surface area contributed by atoms with E-state index >= 15 is 0 Å². The molecule has 20 heavy (non-hydrogen) atoms. The summed E-state index contributed by atoms with van der Waals surface area (Å²) in [7, 11) is 0. The summed E-state index contributed by atoms with van der Waals surface area (Å²) in [6.45, 7) is 0. The SMILES string of the molecule is Nc1c(I)c(F)cc(Cl)c1NC(=O)Cc1ccccc1. The number of hydrogen-bond acceptors (Lipinski definition) is 2. The van der Waals surface area contributed by atoms with E-state index in [1.807, 2.05) is 30.3 Å². The Balaban J connectivity index is 2.18. The molecular formula is C14H11ClFIN2O. The first-order valence-corrected chi connectivity index (χ1v) is 7.21. The molecule has 3 nitrogen and oxygen atoms in total. The molecule has 0 unspecified atom stereocenters. The molecule has 0 bridgehead atoms. The number of halogens is 3. The van der Waals surface area contributed by atoms with E-state index in [1.165, 1.54) is 0 Å². The van der Waals surface area contributed by atoms with Crippen LogP contribution < -0.4 is 11.1 Å². The Morgan fingerprint density at radius 3 is 2.65 bits per heavy atom. The summed E-state index contributed by atoms with van der Waals surface area (Å²) in [5.74, 6) is -0.763. The van der Waals surface area contributed by atoms with Crippen LogP contribution in [0.5, 0.6) is 0 Å². The van der Waals surface area contributed by atoms with Crippen molar-refractivity contribution in [3.8, 4) is 0 Å². The Morgan fingerprint density at radius 1 is 1.35 bits per heavy atom. The number of nitrogens with one attached hydrogen (secondary N) is 1. The lowest BCUT2D eigenvalue weighted by Gasteiger charge is -2.12. The van der Waals surface area contributed by atoms with E-state index in [0.29, 0.717) is 0 Å². The van der Waals surface area contributed by atoms with Crippen LogP contribution in [0.1, 0.15) is 5.56 Å². The van der Waals surface area contributed by atoms with E-state index in [4.69, 9.17) is 17.3 Å². The Labute approximate surface area is 134 Å². The van der Waals surface area contributed by atoms with Crippen LogP contribution in [0.4, 0.5) is 15.8 Å². The number of nitrogens with two attached hydrogens (primary N) is 1. The average Bonchev–Trinajstić information content (AvgIpc) is 2.42. The normalized spacial score (nSPS) is 10.3. The predicted octanol–water partition coefficient (Wildman–Crippen LogP) is 3.85. The van der Waals surface area contributed by atoms with Gasteiger partial charge in [0.1, 0.15) is 5.82 Å². The molecule has 0 atom stereocenters. The molecule has 0 spiro atoms. The van der Waals surface area contributed by atoms with Gasteiger partial charge in [0.2, 0.25) is 5.91 Å². The number of amides is 1. The fourth-order valence-electron chi connectivity index (χ4n) is 1.71. The van der Waals surface area contributed by atoms with Crippen molar-refractivity contribution in [3.05, 3.63) is 56.4 Å². The highest BCUT2D eigenvalue weighted by Gasteiger charge is 2.15. The van der Waals surface area contributed by atoms with Gasteiger partial charge < -0.3 is 11.1 Å². The van der Waals surface area contributed by atoms with E-state index in [-0.39, 0.29) is 32.3 Å². The maximum absolute atomic E-state index is 13.4.